The van der Waals surface area contributed by atoms with Crippen molar-refractivity contribution >= 4 is 22.5 Å². The van der Waals surface area contributed by atoms with Gasteiger partial charge in [0.25, 0.3) is 0 Å². The number of ether oxygens (including phenoxy) is 1. The van der Waals surface area contributed by atoms with Gasteiger partial charge in [-0.1, -0.05) is 41.5 Å². The molecule has 0 amide bonds. The summed E-state index contributed by atoms with van der Waals surface area (Å²) >= 11 is 0. The number of rotatable bonds is 6. The topological polar surface area (TPSA) is 109 Å². The summed E-state index contributed by atoms with van der Waals surface area (Å²) in [6.45, 7) is 21.4. The smallest absolute Gasteiger partial charge is 0.351 e. The minimum atomic E-state index is -2.26. The van der Waals surface area contributed by atoms with E-state index in [0.717, 1.165) is 0 Å². The van der Waals surface area contributed by atoms with Crippen LogP contribution in [-0.4, -0.2) is 56.2 Å². The summed E-state index contributed by atoms with van der Waals surface area (Å²) in [6.07, 6.45) is -0.870. The monoisotopic (exact) mass is 471 g/mol. The molecular weight excluding hydrogens is 430 g/mol. The van der Waals surface area contributed by atoms with E-state index in [4.69, 9.17) is 19.3 Å². The molecule has 1 fully saturated rings. The van der Waals surface area contributed by atoms with Gasteiger partial charge < -0.3 is 24.4 Å². The summed E-state index contributed by atoms with van der Waals surface area (Å²) < 4.78 is 21.1. The fourth-order valence-corrected chi connectivity index (χ4v) is 5.60. The van der Waals surface area contributed by atoms with Gasteiger partial charge in [-0.3, -0.25) is 4.57 Å². The number of aliphatic hydroxyl groups excluding tert-OH is 1. The second-order valence-electron chi connectivity index (χ2n) is 11.5. The van der Waals surface area contributed by atoms with Crippen molar-refractivity contribution in [2.75, 3.05) is 12.3 Å². The third-order valence-corrected chi connectivity index (χ3v) is 16.0. The lowest BCUT2D eigenvalue weighted by atomic mass is 10.1. The lowest BCUT2D eigenvalue weighted by molar-refractivity contribution is -0.0528. The molecule has 0 radical (unpaired) electrons. The van der Waals surface area contributed by atoms with E-state index in [1.165, 1.54) is 4.57 Å². The molecule has 2 rings (SSSR count). The first-order valence-electron chi connectivity index (χ1n) is 10.9. The summed E-state index contributed by atoms with van der Waals surface area (Å²) in [6, 6.07) is 1.56. The number of nitrogens with zero attached hydrogens (tertiary/aromatic N) is 2. The molecule has 0 aromatic carbocycles. The van der Waals surface area contributed by atoms with Crippen molar-refractivity contribution in [3.05, 3.63) is 22.7 Å². The molecule has 1 saturated heterocycles. The number of anilines is 1. The summed E-state index contributed by atoms with van der Waals surface area (Å²) in [4.78, 5) is 16.5. The summed E-state index contributed by atoms with van der Waals surface area (Å²) in [5.41, 5.74) is 5.17. The Balaban J connectivity index is 2.56. The second kappa shape index (κ2) is 8.71. The van der Waals surface area contributed by atoms with Gasteiger partial charge in [-0.25, -0.2) is 4.79 Å². The van der Waals surface area contributed by atoms with Crippen LogP contribution >= 0.6 is 0 Å². The number of nitrogens with two attached hydrogens (primary N) is 1. The van der Waals surface area contributed by atoms with Crippen molar-refractivity contribution in [3.63, 3.8) is 0 Å². The van der Waals surface area contributed by atoms with Gasteiger partial charge in [-0.2, -0.15) is 4.98 Å². The molecule has 0 spiro atoms. The van der Waals surface area contributed by atoms with Crippen LogP contribution < -0.4 is 11.4 Å². The van der Waals surface area contributed by atoms with Crippen molar-refractivity contribution in [1.82, 2.24) is 9.55 Å². The molecule has 178 valence electrons. The van der Waals surface area contributed by atoms with Crippen LogP contribution in [0, 0.1) is 0 Å². The maximum atomic E-state index is 12.6. The lowest BCUT2D eigenvalue weighted by Crippen LogP contribution is -2.54. The Morgan fingerprint density at radius 1 is 1.06 bits per heavy atom. The van der Waals surface area contributed by atoms with Crippen LogP contribution in [0.3, 0.4) is 0 Å². The van der Waals surface area contributed by atoms with E-state index in [9.17, 15) is 9.90 Å². The van der Waals surface area contributed by atoms with E-state index in [1.54, 1.807) is 12.3 Å². The quantitative estimate of drug-likeness (QED) is 0.611. The Bertz CT molecular complexity index is 830. The van der Waals surface area contributed by atoms with E-state index in [2.05, 4.69) is 72.7 Å². The number of hydrogen-bond acceptors (Lipinski definition) is 7. The highest BCUT2D eigenvalue weighted by atomic mass is 28.4. The molecule has 2 heterocycles. The molecule has 1 aromatic rings. The highest BCUT2D eigenvalue weighted by Gasteiger charge is 2.54. The highest BCUT2D eigenvalue weighted by Crippen LogP contribution is 2.45. The molecule has 0 unspecified atom stereocenters. The Kier molecular flexibility index (Phi) is 7.37. The summed E-state index contributed by atoms with van der Waals surface area (Å²) in [7, 11) is -4.49. The van der Waals surface area contributed by atoms with Crippen LogP contribution in [0.25, 0.3) is 0 Å². The molecule has 10 heteroatoms. The Morgan fingerprint density at radius 2 is 1.55 bits per heavy atom. The van der Waals surface area contributed by atoms with Crippen LogP contribution in [0.15, 0.2) is 17.1 Å². The van der Waals surface area contributed by atoms with Gasteiger partial charge in [0.05, 0.1) is 6.61 Å². The first-order valence-corrected chi connectivity index (χ1v) is 16.7. The van der Waals surface area contributed by atoms with E-state index in [0.29, 0.717) is 0 Å². The van der Waals surface area contributed by atoms with Gasteiger partial charge in [-0.05, 0) is 42.3 Å². The van der Waals surface area contributed by atoms with Gasteiger partial charge in [0.1, 0.15) is 24.1 Å². The average molecular weight is 472 g/mol. The number of hydrogen-bond donors (Lipinski definition) is 2. The van der Waals surface area contributed by atoms with Crippen LogP contribution in [-0.2, 0) is 13.6 Å². The van der Waals surface area contributed by atoms with Gasteiger partial charge in [0.15, 0.2) is 22.9 Å². The number of nitrogen functional groups attached to an aromatic ring is 1. The minimum absolute atomic E-state index is 0.0355. The van der Waals surface area contributed by atoms with Crippen LogP contribution in [0.4, 0.5) is 5.82 Å². The molecule has 0 aliphatic carbocycles. The molecule has 1 aliphatic heterocycles. The predicted molar refractivity (Wildman–Crippen MR) is 128 cm³/mol. The predicted octanol–water partition coefficient (Wildman–Crippen LogP) is 3.50. The van der Waals surface area contributed by atoms with Crippen LogP contribution in [0.2, 0.25) is 36.3 Å². The molecule has 0 bridgehead atoms. The minimum Gasteiger partial charge on any atom is -0.408 e. The third-order valence-electron chi connectivity index (χ3n) is 7.06. The van der Waals surface area contributed by atoms with E-state index < -0.39 is 46.9 Å². The molecule has 0 saturated carbocycles. The molecule has 3 N–H and O–H groups in total. The largest absolute Gasteiger partial charge is 0.408 e. The van der Waals surface area contributed by atoms with Crippen LogP contribution in [0.5, 0.6) is 0 Å². The van der Waals surface area contributed by atoms with Gasteiger partial charge in [0, 0.05) is 6.20 Å². The standard InChI is InChI=1S/C21H41N3O5Si2/c1-20(2,3)30(7,8)28-16-14(13-25)27-18(24-12-11-15(22)23-19(24)26)17(16)29-31(9,10)21(4,5)6/h11-12,14,16-18,25H,13H2,1-10H3,(H2,22,23,26)/t14-,16+,17+,18-/m1/s1. The van der Waals surface area contributed by atoms with Crippen molar-refractivity contribution in [2.45, 2.75) is 102 Å². The van der Waals surface area contributed by atoms with Crippen LogP contribution in [0.1, 0.15) is 47.8 Å². The SMILES string of the molecule is CC(C)(C)[Si](C)(C)O[C@@H]1[C@H](O[Si](C)(C)C(C)(C)C)[C@H](n2ccc(N)nc2=O)O[C@@H]1CO. The van der Waals surface area contributed by atoms with Gasteiger partial charge in [-0.15, -0.1) is 0 Å². The van der Waals surface area contributed by atoms with Gasteiger partial charge >= 0.3 is 5.69 Å². The number of aromatic nitrogens is 2. The molecule has 1 aliphatic rings. The molecule has 31 heavy (non-hydrogen) atoms. The first-order chi connectivity index (χ1) is 13.9. The van der Waals surface area contributed by atoms with Gasteiger partial charge in [0.2, 0.25) is 0 Å². The summed E-state index contributed by atoms with van der Waals surface area (Å²) in [5, 5.41) is 10.0. The Hall–Kier alpha value is -1.05. The van der Waals surface area contributed by atoms with Crippen molar-refractivity contribution in [1.29, 1.82) is 0 Å². The van der Waals surface area contributed by atoms with E-state index in [1.807, 2.05) is 0 Å². The second-order valence-corrected chi connectivity index (χ2v) is 21.0. The van der Waals surface area contributed by atoms with Crippen molar-refractivity contribution in [2.24, 2.45) is 0 Å². The molecule has 8 nitrogen and oxygen atoms in total. The third kappa shape index (κ3) is 5.48. The molecular formula is C21H41N3O5Si2. The zero-order valence-electron chi connectivity index (χ0n) is 20.7. The Labute approximate surface area is 188 Å². The fourth-order valence-electron chi connectivity index (χ4n) is 3.00. The van der Waals surface area contributed by atoms with E-state index >= 15 is 0 Å². The zero-order valence-corrected chi connectivity index (χ0v) is 22.7. The normalized spacial score (nSPS) is 25.8. The lowest BCUT2D eigenvalue weighted by Gasteiger charge is -2.44. The highest BCUT2D eigenvalue weighted by molar-refractivity contribution is 6.74. The number of aliphatic hydroxyl groups is 1. The van der Waals surface area contributed by atoms with Crippen molar-refractivity contribution < 1.29 is 18.7 Å². The molecule has 4 atom stereocenters. The zero-order chi connectivity index (χ0) is 24.0. The van der Waals surface area contributed by atoms with E-state index in [-0.39, 0.29) is 22.5 Å². The van der Waals surface area contributed by atoms with Crippen molar-refractivity contribution in [3.8, 4) is 0 Å². The Morgan fingerprint density at radius 3 is 1.97 bits per heavy atom. The maximum absolute atomic E-state index is 12.6. The summed E-state index contributed by atoms with van der Waals surface area (Å²) in [5.74, 6) is 0.147. The fraction of sp³-hybridized carbons (Fsp3) is 0.810. The maximum Gasteiger partial charge on any atom is 0.351 e. The molecule has 1 aromatic heterocycles. The first kappa shape index (κ1) is 26.2. The average Bonchev–Trinajstić information content (AvgIpc) is 2.89.